The van der Waals surface area contributed by atoms with Crippen LogP contribution in [-0.4, -0.2) is 15.9 Å². The van der Waals surface area contributed by atoms with Gasteiger partial charge in [0, 0.05) is 10.0 Å². The van der Waals surface area contributed by atoms with E-state index < -0.39 is 0 Å². The third kappa shape index (κ3) is 3.10. The molecule has 8 heteroatoms. The van der Waals surface area contributed by atoms with Crippen LogP contribution in [-0.2, 0) is 0 Å². The largest absolute Gasteiger partial charge is 0.393 e. The molecular formula is C11H11BrN6O. The molecule has 1 aromatic heterocycles. The first kappa shape index (κ1) is 13.1. The summed E-state index contributed by atoms with van der Waals surface area (Å²) in [5, 5.41) is 0. The Labute approximate surface area is 117 Å². The second kappa shape index (κ2) is 5.53. The molecule has 1 heterocycles. The quantitative estimate of drug-likeness (QED) is 0.629. The van der Waals surface area contributed by atoms with E-state index in [1.807, 2.05) is 0 Å². The van der Waals surface area contributed by atoms with Gasteiger partial charge in [0.15, 0.2) is 11.6 Å². The van der Waals surface area contributed by atoms with Crippen molar-refractivity contribution in [3.8, 4) is 0 Å². The zero-order valence-electron chi connectivity index (χ0n) is 9.72. The molecule has 2 aromatic rings. The first-order valence-electron chi connectivity index (χ1n) is 5.26. The van der Waals surface area contributed by atoms with E-state index >= 15 is 0 Å². The normalized spacial score (nSPS) is 9.95. The standard InChI is InChI=1S/C11H11BrN6O/c12-7-3-1-6(2-4-7)11(19)18-17-10-8(13)9(14)15-5-16-10/h1-5H,13H2,(H,18,19)(H3,14,15,16,17). The van der Waals surface area contributed by atoms with Crippen molar-refractivity contribution in [2.45, 2.75) is 0 Å². The number of hydrogen-bond donors (Lipinski definition) is 4. The van der Waals surface area contributed by atoms with Crippen LogP contribution in [0, 0.1) is 0 Å². The molecule has 0 unspecified atom stereocenters. The van der Waals surface area contributed by atoms with Gasteiger partial charge in [-0.1, -0.05) is 15.9 Å². The number of nitrogens with one attached hydrogen (secondary N) is 2. The Bertz CT molecular complexity index is 601. The Morgan fingerprint density at radius 3 is 2.53 bits per heavy atom. The maximum absolute atomic E-state index is 11.8. The highest BCUT2D eigenvalue weighted by Gasteiger charge is 2.08. The van der Waals surface area contributed by atoms with Crippen molar-refractivity contribution in [3.63, 3.8) is 0 Å². The van der Waals surface area contributed by atoms with E-state index in [0.717, 1.165) is 4.47 Å². The van der Waals surface area contributed by atoms with Gasteiger partial charge in [-0.2, -0.15) is 0 Å². The van der Waals surface area contributed by atoms with E-state index in [-0.39, 0.29) is 23.2 Å². The molecule has 0 saturated heterocycles. The van der Waals surface area contributed by atoms with Crippen molar-refractivity contribution >= 4 is 39.2 Å². The first-order chi connectivity index (χ1) is 9.08. The molecule has 1 amide bonds. The van der Waals surface area contributed by atoms with Gasteiger partial charge in [-0.25, -0.2) is 9.97 Å². The number of rotatable bonds is 3. The van der Waals surface area contributed by atoms with Crippen molar-refractivity contribution in [1.29, 1.82) is 0 Å². The molecule has 2 rings (SSSR count). The Morgan fingerprint density at radius 1 is 1.16 bits per heavy atom. The average molecular weight is 323 g/mol. The van der Waals surface area contributed by atoms with Crippen molar-refractivity contribution < 1.29 is 4.79 Å². The van der Waals surface area contributed by atoms with Crippen molar-refractivity contribution in [2.24, 2.45) is 0 Å². The number of amides is 1. The Morgan fingerprint density at radius 2 is 1.84 bits per heavy atom. The number of nitrogens with zero attached hydrogens (tertiary/aromatic N) is 2. The minimum absolute atomic E-state index is 0.149. The molecule has 0 saturated carbocycles. The van der Waals surface area contributed by atoms with Gasteiger partial charge in [0.1, 0.15) is 12.0 Å². The van der Waals surface area contributed by atoms with Gasteiger partial charge < -0.3 is 11.5 Å². The third-order valence-corrected chi connectivity index (χ3v) is 2.84. The summed E-state index contributed by atoms with van der Waals surface area (Å²) >= 11 is 3.29. The van der Waals surface area contributed by atoms with E-state index in [9.17, 15) is 4.79 Å². The molecule has 0 bridgehead atoms. The number of anilines is 3. The highest BCUT2D eigenvalue weighted by molar-refractivity contribution is 9.10. The van der Waals surface area contributed by atoms with Crippen LogP contribution in [0.25, 0.3) is 0 Å². The smallest absolute Gasteiger partial charge is 0.269 e. The summed E-state index contributed by atoms with van der Waals surface area (Å²) in [6, 6.07) is 6.90. The lowest BCUT2D eigenvalue weighted by atomic mass is 10.2. The number of benzene rings is 1. The SMILES string of the molecule is Nc1ncnc(NNC(=O)c2ccc(Br)cc2)c1N. The maximum Gasteiger partial charge on any atom is 0.269 e. The zero-order chi connectivity index (χ0) is 13.8. The number of aromatic nitrogens is 2. The van der Waals surface area contributed by atoms with Gasteiger partial charge >= 0.3 is 0 Å². The van der Waals surface area contributed by atoms with Crippen molar-refractivity contribution in [3.05, 3.63) is 40.6 Å². The van der Waals surface area contributed by atoms with E-state index in [2.05, 4.69) is 36.7 Å². The summed E-state index contributed by atoms with van der Waals surface area (Å²) in [7, 11) is 0. The fourth-order valence-electron chi connectivity index (χ4n) is 1.30. The van der Waals surface area contributed by atoms with Gasteiger partial charge in [0.05, 0.1) is 0 Å². The number of carbonyl (C=O) groups is 1. The molecule has 0 aliphatic carbocycles. The molecule has 6 N–H and O–H groups in total. The van der Waals surface area contributed by atoms with Crippen molar-refractivity contribution in [1.82, 2.24) is 15.4 Å². The lowest BCUT2D eigenvalue weighted by Gasteiger charge is -2.10. The predicted molar refractivity (Wildman–Crippen MR) is 76.1 cm³/mol. The fourth-order valence-corrected chi connectivity index (χ4v) is 1.56. The topological polar surface area (TPSA) is 119 Å². The summed E-state index contributed by atoms with van der Waals surface area (Å²) in [4.78, 5) is 19.4. The van der Waals surface area contributed by atoms with Crippen LogP contribution < -0.4 is 22.3 Å². The van der Waals surface area contributed by atoms with Crippen LogP contribution in [0.15, 0.2) is 35.1 Å². The summed E-state index contributed by atoms with van der Waals surface area (Å²) in [5.74, 6) is 0.0810. The van der Waals surface area contributed by atoms with E-state index in [1.165, 1.54) is 6.33 Å². The number of halogens is 1. The molecular weight excluding hydrogens is 312 g/mol. The molecule has 19 heavy (non-hydrogen) atoms. The molecule has 0 radical (unpaired) electrons. The third-order valence-electron chi connectivity index (χ3n) is 2.32. The molecule has 0 fully saturated rings. The molecule has 0 spiro atoms. The van der Waals surface area contributed by atoms with Gasteiger partial charge in [0.25, 0.3) is 5.91 Å². The molecule has 0 aliphatic rings. The van der Waals surface area contributed by atoms with Gasteiger partial charge in [-0.05, 0) is 24.3 Å². The second-order valence-electron chi connectivity index (χ2n) is 3.61. The molecule has 0 aliphatic heterocycles. The van der Waals surface area contributed by atoms with Crippen LogP contribution in [0.3, 0.4) is 0 Å². The van der Waals surface area contributed by atoms with Crippen LogP contribution in [0.5, 0.6) is 0 Å². The second-order valence-corrected chi connectivity index (χ2v) is 4.52. The highest BCUT2D eigenvalue weighted by Crippen LogP contribution is 2.18. The predicted octanol–water partition coefficient (Wildman–Crippen LogP) is 1.16. The average Bonchev–Trinajstić information content (AvgIpc) is 2.41. The summed E-state index contributed by atoms with van der Waals surface area (Å²) in [5.41, 5.74) is 16.9. The van der Waals surface area contributed by atoms with Crippen LogP contribution in [0.1, 0.15) is 10.4 Å². The van der Waals surface area contributed by atoms with E-state index in [1.54, 1.807) is 24.3 Å². The Hall–Kier alpha value is -2.35. The lowest BCUT2D eigenvalue weighted by Crippen LogP contribution is -2.30. The Kier molecular flexibility index (Phi) is 3.81. The minimum Gasteiger partial charge on any atom is -0.393 e. The van der Waals surface area contributed by atoms with Crippen LogP contribution in [0.4, 0.5) is 17.3 Å². The van der Waals surface area contributed by atoms with E-state index in [0.29, 0.717) is 5.56 Å². The first-order valence-corrected chi connectivity index (χ1v) is 6.05. The number of nitrogen functional groups attached to an aromatic ring is 2. The van der Waals surface area contributed by atoms with Crippen molar-refractivity contribution in [2.75, 3.05) is 16.9 Å². The molecule has 7 nitrogen and oxygen atoms in total. The van der Waals surface area contributed by atoms with Gasteiger partial charge in [-0.15, -0.1) is 0 Å². The highest BCUT2D eigenvalue weighted by atomic mass is 79.9. The van der Waals surface area contributed by atoms with Crippen LogP contribution in [0.2, 0.25) is 0 Å². The Balaban J connectivity index is 2.04. The molecule has 0 atom stereocenters. The van der Waals surface area contributed by atoms with E-state index in [4.69, 9.17) is 11.5 Å². The lowest BCUT2D eigenvalue weighted by molar-refractivity contribution is 0.0962. The number of nitrogens with two attached hydrogens (primary N) is 2. The van der Waals surface area contributed by atoms with Crippen LogP contribution >= 0.6 is 15.9 Å². The molecule has 1 aromatic carbocycles. The zero-order valence-corrected chi connectivity index (χ0v) is 11.3. The monoisotopic (exact) mass is 322 g/mol. The van der Waals surface area contributed by atoms with Gasteiger partial charge in [0.2, 0.25) is 0 Å². The number of carbonyl (C=O) groups excluding carboxylic acids is 1. The summed E-state index contributed by atoms with van der Waals surface area (Å²) in [6.07, 6.45) is 1.25. The van der Waals surface area contributed by atoms with Gasteiger partial charge in [-0.3, -0.25) is 15.6 Å². The fraction of sp³-hybridized carbons (Fsp3) is 0. The summed E-state index contributed by atoms with van der Waals surface area (Å²) in [6.45, 7) is 0. The number of hydrazine groups is 1. The molecule has 98 valence electrons. The minimum atomic E-state index is -0.316. The number of hydrogen-bond acceptors (Lipinski definition) is 6. The summed E-state index contributed by atoms with van der Waals surface area (Å²) < 4.78 is 0.893. The maximum atomic E-state index is 11.8.